The van der Waals surface area contributed by atoms with E-state index in [0.717, 1.165) is 25.7 Å². The quantitative estimate of drug-likeness (QED) is 0.868. The lowest BCUT2D eigenvalue weighted by Crippen LogP contribution is -2.62. The van der Waals surface area contributed by atoms with E-state index in [-0.39, 0.29) is 35.1 Å². The number of nitrogens with one attached hydrogen (secondary N) is 1. The summed E-state index contributed by atoms with van der Waals surface area (Å²) in [4.78, 5) is 28.9. The van der Waals surface area contributed by atoms with Crippen molar-refractivity contribution in [1.29, 1.82) is 0 Å². The van der Waals surface area contributed by atoms with Crippen LogP contribution in [-0.2, 0) is 4.79 Å². The smallest absolute Gasteiger partial charge is 0.337 e. The number of aromatic nitrogens is 1. The average Bonchev–Trinajstić information content (AvgIpc) is 2.46. The number of anilines is 1. The van der Waals surface area contributed by atoms with Gasteiger partial charge in [-0.3, -0.25) is 4.79 Å². The second-order valence-electron chi connectivity index (χ2n) is 5.49. The van der Waals surface area contributed by atoms with Crippen molar-refractivity contribution in [3.8, 4) is 0 Å². The van der Waals surface area contributed by atoms with Crippen LogP contribution in [0.3, 0.4) is 0 Å². The lowest BCUT2D eigenvalue weighted by atomic mass is 9.87. The summed E-state index contributed by atoms with van der Waals surface area (Å²) in [6, 6.07) is 1.69. The van der Waals surface area contributed by atoms with E-state index in [0.29, 0.717) is 5.82 Å². The first-order valence-corrected chi connectivity index (χ1v) is 7.39. The van der Waals surface area contributed by atoms with E-state index in [9.17, 15) is 9.59 Å². The number of carbonyl (C=O) groups is 2. The lowest BCUT2D eigenvalue weighted by molar-refractivity contribution is -0.122. The molecule has 2 heterocycles. The van der Waals surface area contributed by atoms with Gasteiger partial charge in [0.15, 0.2) is 0 Å². The summed E-state index contributed by atoms with van der Waals surface area (Å²) < 4.78 is 0. The number of halogens is 1. The Kier molecular flexibility index (Phi) is 3.71. The Morgan fingerprint density at radius 1 is 1.43 bits per heavy atom. The molecule has 7 heteroatoms. The number of hydrogen-bond acceptors (Lipinski definition) is 4. The Labute approximate surface area is 127 Å². The van der Waals surface area contributed by atoms with Crippen LogP contribution in [0, 0.1) is 0 Å². The van der Waals surface area contributed by atoms with Crippen molar-refractivity contribution in [3.63, 3.8) is 0 Å². The zero-order chi connectivity index (χ0) is 15.0. The molecule has 21 heavy (non-hydrogen) atoms. The van der Waals surface area contributed by atoms with E-state index in [1.165, 1.54) is 12.3 Å². The van der Waals surface area contributed by atoms with Gasteiger partial charge in [-0.15, -0.1) is 0 Å². The van der Waals surface area contributed by atoms with Crippen LogP contribution in [0.1, 0.15) is 36.0 Å². The number of pyridine rings is 1. The van der Waals surface area contributed by atoms with Crippen molar-refractivity contribution in [2.45, 2.75) is 37.8 Å². The van der Waals surface area contributed by atoms with Gasteiger partial charge in [-0.2, -0.15) is 0 Å². The van der Waals surface area contributed by atoms with Gasteiger partial charge < -0.3 is 15.3 Å². The second kappa shape index (κ2) is 5.52. The number of piperazine rings is 1. The summed E-state index contributed by atoms with van der Waals surface area (Å²) in [6.07, 6.45) is 5.43. The Morgan fingerprint density at radius 3 is 2.90 bits per heavy atom. The molecule has 2 N–H and O–H groups in total. The van der Waals surface area contributed by atoms with Crippen LogP contribution in [0.5, 0.6) is 0 Å². The fraction of sp³-hybridized carbons (Fsp3) is 0.500. The van der Waals surface area contributed by atoms with Crippen LogP contribution in [0.15, 0.2) is 12.3 Å². The number of rotatable bonds is 2. The van der Waals surface area contributed by atoms with E-state index in [1.54, 1.807) is 0 Å². The van der Waals surface area contributed by atoms with Crippen LogP contribution in [-0.4, -0.2) is 40.6 Å². The molecule has 1 aromatic rings. The van der Waals surface area contributed by atoms with E-state index < -0.39 is 5.97 Å². The summed E-state index contributed by atoms with van der Waals surface area (Å²) in [6.45, 7) is 0.209. The first-order valence-electron chi connectivity index (χ1n) is 7.01. The van der Waals surface area contributed by atoms with Gasteiger partial charge in [-0.25, -0.2) is 9.78 Å². The SMILES string of the molecule is O=C1CN(c2ncc(C(=O)O)cc2Cl)C2CCCCC2N1. The highest BCUT2D eigenvalue weighted by atomic mass is 35.5. The average molecular weight is 310 g/mol. The van der Waals surface area contributed by atoms with Gasteiger partial charge in [0, 0.05) is 12.2 Å². The summed E-state index contributed by atoms with van der Waals surface area (Å²) in [5.74, 6) is -0.616. The van der Waals surface area contributed by atoms with Crippen molar-refractivity contribution < 1.29 is 14.7 Å². The molecule has 0 spiro atoms. The highest BCUT2D eigenvalue weighted by molar-refractivity contribution is 6.33. The number of aromatic carboxylic acids is 1. The molecule has 0 bridgehead atoms. The van der Waals surface area contributed by atoms with Crippen LogP contribution in [0.2, 0.25) is 5.02 Å². The minimum Gasteiger partial charge on any atom is -0.478 e. The van der Waals surface area contributed by atoms with Crippen molar-refractivity contribution in [1.82, 2.24) is 10.3 Å². The minimum atomic E-state index is -1.07. The largest absolute Gasteiger partial charge is 0.478 e. The van der Waals surface area contributed by atoms with Crippen molar-refractivity contribution >= 4 is 29.3 Å². The molecule has 0 aromatic carbocycles. The number of hydrogen-bond donors (Lipinski definition) is 2. The first-order chi connectivity index (χ1) is 10.1. The van der Waals surface area contributed by atoms with Crippen LogP contribution >= 0.6 is 11.6 Å². The molecule has 2 fully saturated rings. The molecule has 1 saturated carbocycles. The highest BCUT2D eigenvalue weighted by Crippen LogP contribution is 2.32. The minimum absolute atomic E-state index is 0.0432. The summed E-state index contributed by atoms with van der Waals surface area (Å²) in [5, 5.41) is 12.3. The maximum Gasteiger partial charge on any atom is 0.337 e. The predicted octanol–water partition coefficient (Wildman–Crippen LogP) is 1.68. The molecule has 1 amide bonds. The molecule has 2 atom stereocenters. The van der Waals surface area contributed by atoms with Gasteiger partial charge in [-0.1, -0.05) is 24.4 Å². The van der Waals surface area contributed by atoms with E-state index in [4.69, 9.17) is 16.7 Å². The summed E-state index contributed by atoms with van der Waals surface area (Å²) >= 11 is 6.19. The van der Waals surface area contributed by atoms with Gasteiger partial charge in [0.25, 0.3) is 0 Å². The zero-order valence-corrected chi connectivity index (χ0v) is 12.1. The molecule has 2 aliphatic rings. The van der Waals surface area contributed by atoms with E-state index >= 15 is 0 Å². The molecule has 2 unspecified atom stereocenters. The second-order valence-corrected chi connectivity index (χ2v) is 5.90. The predicted molar refractivity (Wildman–Crippen MR) is 77.7 cm³/mol. The Hall–Kier alpha value is -1.82. The number of carboxylic acids is 1. The molecule has 112 valence electrons. The molecule has 6 nitrogen and oxygen atoms in total. The van der Waals surface area contributed by atoms with Crippen LogP contribution < -0.4 is 10.2 Å². The van der Waals surface area contributed by atoms with Crippen molar-refractivity contribution in [2.24, 2.45) is 0 Å². The fourth-order valence-corrected chi connectivity index (χ4v) is 3.44. The molecular weight excluding hydrogens is 294 g/mol. The third kappa shape index (κ3) is 2.68. The number of nitrogens with zero attached hydrogens (tertiary/aromatic N) is 2. The Morgan fingerprint density at radius 2 is 2.19 bits per heavy atom. The third-order valence-corrected chi connectivity index (χ3v) is 4.41. The molecule has 0 radical (unpaired) electrons. The first kappa shape index (κ1) is 14.1. The monoisotopic (exact) mass is 309 g/mol. The molecule has 1 aliphatic carbocycles. The van der Waals surface area contributed by atoms with Gasteiger partial charge in [0.1, 0.15) is 5.82 Å². The Balaban J connectivity index is 1.93. The number of carbonyl (C=O) groups excluding carboxylic acids is 1. The molecular formula is C14H16ClN3O3. The van der Waals surface area contributed by atoms with Gasteiger partial charge in [0.05, 0.1) is 23.2 Å². The van der Waals surface area contributed by atoms with E-state index in [1.807, 2.05) is 4.90 Å². The van der Waals surface area contributed by atoms with Crippen LogP contribution in [0.4, 0.5) is 5.82 Å². The van der Waals surface area contributed by atoms with Crippen molar-refractivity contribution in [2.75, 3.05) is 11.4 Å². The number of fused-ring (bicyclic) bond motifs is 1. The molecule has 1 aromatic heterocycles. The zero-order valence-electron chi connectivity index (χ0n) is 11.4. The van der Waals surface area contributed by atoms with E-state index in [2.05, 4.69) is 10.3 Å². The number of amides is 1. The molecule has 1 saturated heterocycles. The maximum atomic E-state index is 11.9. The fourth-order valence-electron chi connectivity index (χ4n) is 3.17. The molecule has 1 aliphatic heterocycles. The summed E-state index contributed by atoms with van der Waals surface area (Å²) in [7, 11) is 0. The highest BCUT2D eigenvalue weighted by Gasteiger charge is 2.37. The van der Waals surface area contributed by atoms with Gasteiger partial charge in [-0.05, 0) is 18.9 Å². The maximum absolute atomic E-state index is 11.9. The summed E-state index contributed by atoms with van der Waals surface area (Å²) in [5.41, 5.74) is 0.0467. The van der Waals surface area contributed by atoms with Crippen molar-refractivity contribution in [3.05, 3.63) is 22.8 Å². The van der Waals surface area contributed by atoms with Gasteiger partial charge in [0.2, 0.25) is 5.91 Å². The Bertz CT molecular complexity index is 593. The van der Waals surface area contributed by atoms with Crippen LogP contribution in [0.25, 0.3) is 0 Å². The normalized spacial score (nSPS) is 25.2. The standard InChI is InChI=1S/C14H16ClN3O3/c15-9-5-8(14(20)21)6-16-13(9)18-7-12(19)17-10-3-1-2-4-11(10)18/h5-6,10-11H,1-4,7H2,(H,17,19)(H,20,21). The topological polar surface area (TPSA) is 82.5 Å². The molecule has 3 rings (SSSR count). The number of carboxylic acid groups (broad SMARTS) is 1. The van der Waals surface area contributed by atoms with Gasteiger partial charge >= 0.3 is 5.97 Å². The lowest BCUT2D eigenvalue weighted by Gasteiger charge is -2.44. The third-order valence-electron chi connectivity index (χ3n) is 4.13.